The number of imide groups is 2. The molecule has 8 heteroatoms. The van der Waals surface area contributed by atoms with Gasteiger partial charge in [-0.05, 0) is 61.8 Å². The number of nitrogens with zero attached hydrogens (tertiary/aromatic N) is 2. The summed E-state index contributed by atoms with van der Waals surface area (Å²) in [5.41, 5.74) is 0.944. The lowest BCUT2D eigenvalue weighted by Gasteiger charge is -2.31. The zero-order valence-corrected chi connectivity index (χ0v) is 21.4. The fourth-order valence-electron chi connectivity index (χ4n) is 6.46. The van der Waals surface area contributed by atoms with E-state index in [2.05, 4.69) is 24.5 Å². The maximum absolute atomic E-state index is 13.1. The third-order valence-electron chi connectivity index (χ3n) is 8.71. The highest BCUT2D eigenvalue weighted by molar-refractivity contribution is 6.24. The lowest BCUT2D eigenvalue weighted by molar-refractivity contribution is -0.123. The fraction of sp³-hybridized carbons (Fsp3) is 0.643. The zero-order valence-electron chi connectivity index (χ0n) is 21.4. The first-order chi connectivity index (χ1) is 17.3. The first-order valence-corrected chi connectivity index (χ1v) is 13.7. The van der Waals surface area contributed by atoms with E-state index in [4.69, 9.17) is 0 Å². The smallest absolute Gasteiger partial charge is 0.251 e. The summed E-state index contributed by atoms with van der Waals surface area (Å²) in [4.78, 5) is 54.2. The summed E-state index contributed by atoms with van der Waals surface area (Å²) in [7, 11) is 0. The highest BCUT2D eigenvalue weighted by Crippen LogP contribution is 2.31. The summed E-state index contributed by atoms with van der Waals surface area (Å²) >= 11 is 0. The third-order valence-corrected chi connectivity index (χ3v) is 8.71. The van der Waals surface area contributed by atoms with Crippen LogP contribution >= 0.6 is 0 Å². The van der Waals surface area contributed by atoms with E-state index in [1.54, 1.807) is 24.3 Å². The molecule has 8 nitrogen and oxygen atoms in total. The maximum atomic E-state index is 13.1. The molecule has 2 aliphatic carbocycles. The van der Waals surface area contributed by atoms with E-state index < -0.39 is 12.1 Å². The molecule has 0 bridgehead atoms. The van der Waals surface area contributed by atoms with E-state index in [1.165, 1.54) is 22.6 Å². The Balaban J connectivity index is 1.24. The van der Waals surface area contributed by atoms with Gasteiger partial charge in [0.05, 0.1) is 36.3 Å². The molecule has 4 fully saturated rings. The van der Waals surface area contributed by atoms with Gasteiger partial charge in [-0.3, -0.25) is 19.2 Å². The Morgan fingerprint density at radius 3 is 1.33 bits per heavy atom. The quantitative estimate of drug-likeness (QED) is 0.589. The topological polar surface area (TPSA) is 98.8 Å². The summed E-state index contributed by atoms with van der Waals surface area (Å²) in [6.07, 6.45) is 9.37. The summed E-state index contributed by atoms with van der Waals surface area (Å²) in [6.45, 7) is 4.40. The van der Waals surface area contributed by atoms with Crippen LogP contribution < -0.4 is 20.4 Å². The SMILES string of the molecule is C[C@@H]1CCCC[C@@H]1N[C@@H]1CC(=O)N(c2ccc(N3C(=O)C[C@H](N[C@@H]4CCCC[C@H]4C)C3=O)cc2)C1=O. The van der Waals surface area contributed by atoms with Crippen molar-refractivity contribution in [3.05, 3.63) is 24.3 Å². The zero-order chi connectivity index (χ0) is 25.4. The number of hydrogen-bond donors (Lipinski definition) is 2. The Labute approximate surface area is 213 Å². The Bertz CT molecular complexity index is 944. The van der Waals surface area contributed by atoms with E-state index in [1.807, 2.05) is 0 Å². The van der Waals surface area contributed by atoms with Gasteiger partial charge in [0, 0.05) is 12.1 Å². The van der Waals surface area contributed by atoms with Gasteiger partial charge in [0.2, 0.25) is 11.8 Å². The van der Waals surface area contributed by atoms with E-state index in [-0.39, 0.29) is 48.6 Å². The van der Waals surface area contributed by atoms with Gasteiger partial charge in [-0.2, -0.15) is 0 Å². The second-order valence-corrected chi connectivity index (χ2v) is 11.2. The summed E-state index contributed by atoms with van der Waals surface area (Å²) in [6, 6.07) is 6.13. The molecule has 6 atom stereocenters. The van der Waals surface area contributed by atoms with Crippen LogP contribution in [0.4, 0.5) is 11.4 Å². The number of benzene rings is 1. The number of hydrogen-bond acceptors (Lipinski definition) is 6. The molecule has 2 aliphatic heterocycles. The average Bonchev–Trinajstić information content (AvgIpc) is 3.30. The molecule has 4 amide bonds. The van der Waals surface area contributed by atoms with Crippen LogP contribution in [0, 0.1) is 11.8 Å². The Kier molecular flexibility index (Phi) is 7.26. The molecule has 0 aromatic heterocycles. The predicted octanol–water partition coefficient (Wildman–Crippen LogP) is 3.29. The monoisotopic (exact) mass is 494 g/mol. The molecule has 0 unspecified atom stereocenters. The van der Waals surface area contributed by atoms with Crippen molar-refractivity contribution in [2.75, 3.05) is 9.80 Å². The van der Waals surface area contributed by atoms with Crippen molar-refractivity contribution in [2.24, 2.45) is 11.8 Å². The highest BCUT2D eigenvalue weighted by Gasteiger charge is 2.43. The second kappa shape index (κ2) is 10.4. The van der Waals surface area contributed by atoms with Gasteiger partial charge in [-0.15, -0.1) is 0 Å². The molecule has 0 spiro atoms. The first-order valence-electron chi connectivity index (χ1n) is 13.7. The van der Waals surface area contributed by atoms with Crippen molar-refractivity contribution in [1.82, 2.24) is 10.6 Å². The van der Waals surface area contributed by atoms with Crippen LogP contribution in [-0.2, 0) is 19.2 Å². The summed E-state index contributed by atoms with van der Waals surface area (Å²) in [5, 5.41) is 6.88. The first kappa shape index (κ1) is 25.1. The standard InChI is InChI=1S/C28H38N4O4/c1-17-7-3-5-9-21(17)29-23-15-25(33)31(27(23)35)19-11-13-20(14-12-19)32-26(34)16-24(28(32)36)30-22-10-6-4-8-18(22)2/h11-14,17-18,21-24,29-30H,3-10,15-16H2,1-2H3/t17-,18-,21-,22+,23+,24-/m1/s1. The molecule has 5 rings (SSSR count). The normalized spacial score (nSPS) is 33.6. The summed E-state index contributed by atoms with van der Waals surface area (Å²) in [5.74, 6) is 0.0607. The summed E-state index contributed by atoms with van der Waals surface area (Å²) < 4.78 is 0. The van der Waals surface area contributed by atoms with Crippen LogP contribution in [0.25, 0.3) is 0 Å². The van der Waals surface area contributed by atoms with Gasteiger partial charge in [0.1, 0.15) is 0 Å². The molecule has 2 saturated heterocycles. The van der Waals surface area contributed by atoms with Gasteiger partial charge in [-0.25, -0.2) is 9.80 Å². The molecule has 0 radical (unpaired) electrons. The molecule has 2 N–H and O–H groups in total. The van der Waals surface area contributed by atoms with E-state index in [0.29, 0.717) is 23.2 Å². The van der Waals surface area contributed by atoms with Gasteiger partial charge >= 0.3 is 0 Å². The number of anilines is 2. The minimum absolute atomic E-state index is 0.153. The largest absolute Gasteiger partial charge is 0.302 e. The number of nitrogens with one attached hydrogen (secondary N) is 2. The van der Waals surface area contributed by atoms with Crippen LogP contribution in [0.5, 0.6) is 0 Å². The van der Waals surface area contributed by atoms with E-state index in [0.717, 1.165) is 38.5 Å². The van der Waals surface area contributed by atoms with Crippen molar-refractivity contribution in [1.29, 1.82) is 0 Å². The molecular formula is C28H38N4O4. The van der Waals surface area contributed by atoms with Crippen LogP contribution in [0.15, 0.2) is 24.3 Å². The molecule has 36 heavy (non-hydrogen) atoms. The molecule has 1 aromatic carbocycles. The lowest BCUT2D eigenvalue weighted by Crippen LogP contribution is -2.47. The van der Waals surface area contributed by atoms with Crippen molar-refractivity contribution in [3.8, 4) is 0 Å². The molecule has 194 valence electrons. The Hall–Kier alpha value is -2.58. The minimum atomic E-state index is -0.501. The van der Waals surface area contributed by atoms with Crippen LogP contribution in [0.3, 0.4) is 0 Å². The van der Waals surface area contributed by atoms with Crippen molar-refractivity contribution >= 4 is 35.0 Å². The third kappa shape index (κ3) is 4.85. The second-order valence-electron chi connectivity index (χ2n) is 11.2. The average molecular weight is 495 g/mol. The molecule has 2 saturated carbocycles. The molecule has 4 aliphatic rings. The lowest BCUT2D eigenvalue weighted by atomic mass is 9.85. The van der Waals surface area contributed by atoms with Crippen molar-refractivity contribution in [2.45, 2.75) is 102 Å². The number of rotatable bonds is 6. The van der Waals surface area contributed by atoms with Crippen LogP contribution in [0.2, 0.25) is 0 Å². The maximum Gasteiger partial charge on any atom is 0.251 e. The van der Waals surface area contributed by atoms with Crippen LogP contribution in [0.1, 0.15) is 78.1 Å². The molecule has 1 aromatic rings. The predicted molar refractivity (Wildman–Crippen MR) is 137 cm³/mol. The minimum Gasteiger partial charge on any atom is -0.302 e. The van der Waals surface area contributed by atoms with Gasteiger partial charge < -0.3 is 10.6 Å². The van der Waals surface area contributed by atoms with E-state index in [9.17, 15) is 19.2 Å². The number of carbonyl (C=O) groups is 4. The van der Waals surface area contributed by atoms with Gasteiger partial charge in [0.15, 0.2) is 0 Å². The van der Waals surface area contributed by atoms with Crippen molar-refractivity contribution < 1.29 is 19.2 Å². The number of amides is 4. The van der Waals surface area contributed by atoms with Gasteiger partial charge in [-0.1, -0.05) is 39.5 Å². The van der Waals surface area contributed by atoms with E-state index >= 15 is 0 Å². The highest BCUT2D eigenvalue weighted by atomic mass is 16.2. The Morgan fingerprint density at radius 1 is 0.611 bits per heavy atom. The fourth-order valence-corrected chi connectivity index (χ4v) is 6.46. The molecule has 2 heterocycles. The van der Waals surface area contributed by atoms with Crippen molar-refractivity contribution in [3.63, 3.8) is 0 Å². The van der Waals surface area contributed by atoms with Crippen LogP contribution in [-0.4, -0.2) is 47.8 Å². The van der Waals surface area contributed by atoms with Gasteiger partial charge in [0.25, 0.3) is 11.8 Å². The Morgan fingerprint density at radius 2 is 0.972 bits per heavy atom. The number of carbonyl (C=O) groups excluding carboxylic acids is 4. The molecular weight excluding hydrogens is 456 g/mol.